The van der Waals surface area contributed by atoms with Gasteiger partial charge in [0.15, 0.2) is 0 Å². The Morgan fingerprint density at radius 2 is 0.776 bits per heavy atom. The van der Waals surface area contributed by atoms with Gasteiger partial charge in [-0.1, -0.05) is 176 Å². The highest BCUT2D eigenvalue weighted by Crippen LogP contribution is 2.45. The van der Waals surface area contributed by atoms with E-state index in [9.17, 15) is 0 Å². The Balaban J connectivity index is 1.03. The molecule has 272 valence electrons. The third kappa shape index (κ3) is 6.00. The van der Waals surface area contributed by atoms with Crippen molar-refractivity contribution >= 4 is 60.5 Å². The number of rotatable bonds is 7. The summed E-state index contributed by atoms with van der Waals surface area (Å²) in [5.74, 6) is 0. The molecule has 0 spiro atoms. The molecule has 0 fully saturated rings. The second-order valence-electron chi connectivity index (χ2n) is 14.9. The number of para-hydroxylation sites is 2. The van der Waals surface area contributed by atoms with Gasteiger partial charge in [0, 0.05) is 33.3 Å². The molecule has 11 aromatic rings. The van der Waals surface area contributed by atoms with Crippen LogP contribution in [-0.2, 0) is 0 Å². The highest BCUT2D eigenvalue weighted by Gasteiger charge is 2.21. The lowest BCUT2D eigenvalue weighted by Crippen LogP contribution is -2.11. The number of hydrogen-bond acceptors (Lipinski definition) is 2. The topological polar surface area (TPSA) is 16.4 Å². The number of nitrogens with zero attached hydrogens (tertiary/aromatic N) is 1. The van der Waals surface area contributed by atoms with Gasteiger partial charge in [-0.05, 0) is 103 Å². The van der Waals surface area contributed by atoms with Gasteiger partial charge < -0.3 is 9.32 Å². The van der Waals surface area contributed by atoms with E-state index in [4.69, 9.17) is 4.42 Å². The lowest BCUT2D eigenvalue weighted by molar-refractivity contribution is 0.670. The van der Waals surface area contributed by atoms with Crippen LogP contribution in [0, 0.1) is 0 Å². The maximum absolute atomic E-state index is 6.77. The summed E-state index contributed by atoms with van der Waals surface area (Å²) in [4.78, 5) is 2.37. The summed E-state index contributed by atoms with van der Waals surface area (Å²) in [7, 11) is 0. The van der Waals surface area contributed by atoms with Crippen LogP contribution in [0.25, 0.3) is 88.0 Å². The molecule has 0 unspecified atom stereocenters. The van der Waals surface area contributed by atoms with Crippen molar-refractivity contribution in [3.63, 3.8) is 0 Å². The van der Waals surface area contributed by atoms with Crippen LogP contribution >= 0.6 is 0 Å². The standard InChI is InChI=1S/C56H37NO/c1-2-11-38(12-3-1)40-21-23-41(24-22-40)42-27-31-48(32-28-42)57(49-33-29-43(30-34-49)47-26-25-39-13-4-5-14-44(39)35-47)54-20-9-8-17-50(54)51-18-10-19-52-53-36-45-15-6-7-16-46(45)37-55(53)58-56(51)52/h1-37H. The lowest BCUT2D eigenvalue weighted by atomic mass is 9.97. The van der Waals surface area contributed by atoms with E-state index in [1.54, 1.807) is 0 Å². The molecule has 0 aliphatic carbocycles. The van der Waals surface area contributed by atoms with Crippen LogP contribution in [0.4, 0.5) is 17.1 Å². The van der Waals surface area contributed by atoms with Crippen molar-refractivity contribution in [2.45, 2.75) is 0 Å². The van der Waals surface area contributed by atoms with Gasteiger partial charge in [-0.2, -0.15) is 0 Å². The molecule has 0 aliphatic rings. The van der Waals surface area contributed by atoms with E-state index in [0.29, 0.717) is 0 Å². The number of hydrogen-bond donors (Lipinski definition) is 0. The highest BCUT2D eigenvalue weighted by molar-refractivity contribution is 6.14. The van der Waals surface area contributed by atoms with Crippen molar-refractivity contribution in [2.75, 3.05) is 4.90 Å². The molecule has 0 atom stereocenters. The molecule has 0 amide bonds. The van der Waals surface area contributed by atoms with Gasteiger partial charge in [-0.15, -0.1) is 0 Å². The third-order valence-electron chi connectivity index (χ3n) is 11.5. The molecular weight excluding hydrogens is 703 g/mol. The zero-order valence-electron chi connectivity index (χ0n) is 31.7. The molecule has 0 radical (unpaired) electrons. The number of fused-ring (bicyclic) bond motifs is 5. The van der Waals surface area contributed by atoms with Gasteiger partial charge in [0.2, 0.25) is 0 Å². The minimum Gasteiger partial charge on any atom is -0.455 e. The maximum atomic E-state index is 6.77. The van der Waals surface area contributed by atoms with Gasteiger partial charge in [-0.25, -0.2) is 0 Å². The quantitative estimate of drug-likeness (QED) is 0.162. The fraction of sp³-hybridized carbons (Fsp3) is 0. The van der Waals surface area contributed by atoms with Crippen molar-refractivity contribution in [1.29, 1.82) is 0 Å². The van der Waals surface area contributed by atoms with Gasteiger partial charge >= 0.3 is 0 Å². The Morgan fingerprint density at radius 1 is 0.293 bits per heavy atom. The molecule has 58 heavy (non-hydrogen) atoms. The van der Waals surface area contributed by atoms with Crippen molar-refractivity contribution in [3.8, 4) is 44.5 Å². The molecule has 0 N–H and O–H groups in total. The van der Waals surface area contributed by atoms with E-state index >= 15 is 0 Å². The molecular formula is C56H37NO. The van der Waals surface area contributed by atoms with Crippen LogP contribution in [0.15, 0.2) is 229 Å². The number of anilines is 3. The minimum absolute atomic E-state index is 0.890. The van der Waals surface area contributed by atoms with Crippen LogP contribution < -0.4 is 4.90 Å². The predicted octanol–water partition coefficient (Wildman–Crippen LogP) is 16.0. The molecule has 0 saturated heterocycles. The van der Waals surface area contributed by atoms with Crippen molar-refractivity contribution in [3.05, 3.63) is 224 Å². The largest absolute Gasteiger partial charge is 0.455 e. The van der Waals surface area contributed by atoms with E-state index in [1.807, 2.05) is 0 Å². The summed E-state index contributed by atoms with van der Waals surface area (Å²) in [5, 5.41) is 7.10. The first kappa shape index (κ1) is 33.6. The summed E-state index contributed by atoms with van der Waals surface area (Å²) < 4.78 is 6.77. The fourth-order valence-corrected chi connectivity index (χ4v) is 8.48. The second-order valence-corrected chi connectivity index (χ2v) is 14.9. The highest BCUT2D eigenvalue weighted by atomic mass is 16.3. The zero-order valence-corrected chi connectivity index (χ0v) is 31.7. The Labute approximate surface area is 337 Å². The van der Waals surface area contributed by atoms with Crippen LogP contribution in [0.1, 0.15) is 0 Å². The van der Waals surface area contributed by atoms with Crippen LogP contribution in [-0.4, -0.2) is 0 Å². The lowest BCUT2D eigenvalue weighted by Gasteiger charge is -2.28. The fourth-order valence-electron chi connectivity index (χ4n) is 8.48. The van der Waals surface area contributed by atoms with Crippen molar-refractivity contribution in [2.24, 2.45) is 0 Å². The molecule has 0 aliphatic heterocycles. The van der Waals surface area contributed by atoms with Crippen LogP contribution in [0.3, 0.4) is 0 Å². The van der Waals surface area contributed by atoms with Crippen molar-refractivity contribution < 1.29 is 4.42 Å². The zero-order chi connectivity index (χ0) is 38.4. The normalized spacial score (nSPS) is 11.4. The maximum Gasteiger partial charge on any atom is 0.143 e. The first-order valence-corrected chi connectivity index (χ1v) is 19.8. The number of benzene rings is 10. The molecule has 2 nitrogen and oxygen atoms in total. The van der Waals surface area contributed by atoms with E-state index in [1.165, 1.54) is 54.9 Å². The Hall–Kier alpha value is -7.68. The van der Waals surface area contributed by atoms with E-state index in [0.717, 1.165) is 50.1 Å². The summed E-state index contributed by atoms with van der Waals surface area (Å²) >= 11 is 0. The van der Waals surface area contributed by atoms with Crippen molar-refractivity contribution in [1.82, 2.24) is 0 Å². The third-order valence-corrected chi connectivity index (χ3v) is 11.5. The van der Waals surface area contributed by atoms with Gasteiger partial charge in [0.05, 0.1) is 5.69 Å². The smallest absolute Gasteiger partial charge is 0.143 e. The average Bonchev–Trinajstić information content (AvgIpc) is 3.67. The summed E-state index contributed by atoms with van der Waals surface area (Å²) in [6, 6.07) is 80.6. The molecule has 1 heterocycles. The summed E-state index contributed by atoms with van der Waals surface area (Å²) in [6.07, 6.45) is 0. The monoisotopic (exact) mass is 739 g/mol. The SMILES string of the molecule is c1ccc(-c2ccc(-c3ccc(N(c4ccc(-c5ccc6ccccc6c5)cc4)c4ccccc4-c4cccc5c4oc4cc6ccccc6cc45)cc3)cc2)cc1. The molecule has 2 heteroatoms. The van der Waals surface area contributed by atoms with Crippen LogP contribution in [0.5, 0.6) is 0 Å². The van der Waals surface area contributed by atoms with Gasteiger partial charge in [0.1, 0.15) is 11.2 Å². The van der Waals surface area contributed by atoms with Gasteiger partial charge in [0.25, 0.3) is 0 Å². The van der Waals surface area contributed by atoms with E-state index in [-0.39, 0.29) is 0 Å². The molecule has 1 aromatic heterocycles. The second kappa shape index (κ2) is 14.1. The first-order chi connectivity index (χ1) is 28.7. The summed E-state index contributed by atoms with van der Waals surface area (Å²) in [5.41, 5.74) is 14.3. The molecule has 0 saturated carbocycles. The Morgan fingerprint density at radius 3 is 1.45 bits per heavy atom. The van der Waals surface area contributed by atoms with E-state index in [2.05, 4.69) is 229 Å². The first-order valence-electron chi connectivity index (χ1n) is 19.8. The molecule has 0 bridgehead atoms. The predicted molar refractivity (Wildman–Crippen MR) is 245 cm³/mol. The van der Waals surface area contributed by atoms with Crippen LogP contribution in [0.2, 0.25) is 0 Å². The average molecular weight is 740 g/mol. The Bertz CT molecular complexity index is 3250. The summed E-state index contributed by atoms with van der Waals surface area (Å²) in [6.45, 7) is 0. The Kier molecular flexibility index (Phi) is 8.19. The van der Waals surface area contributed by atoms with Gasteiger partial charge in [-0.3, -0.25) is 0 Å². The number of furan rings is 1. The molecule has 11 rings (SSSR count). The molecule has 10 aromatic carbocycles. The van der Waals surface area contributed by atoms with E-state index < -0.39 is 0 Å². The minimum atomic E-state index is 0.890.